The molecule has 5 nitrogen and oxygen atoms in total. The summed E-state index contributed by atoms with van der Waals surface area (Å²) < 4.78 is 10.0. The number of ether oxygens (including phenoxy) is 1. The molecule has 0 N–H and O–H groups in total. The van der Waals surface area contributed by atoms with Gasteiger partial charge in [0.2, 0.25) is 5.71 Å². The van der Waals surface area contributed by atoms with Crippen LogP contribution in [0.1, 0.15) is 21.9 Å². The highest BCUT2D eigenvalue weighted by molar-refractivity contribution is 6.35. The fourth-order valence-corrected chi connectivity index (χ4v) is 1.82. The van der Waals surface area contributed by atoms with Crippen molar-refractivity contribution in [1.82, 2.24) is 9.97 Å². The molecule has 84 valence electrons. The maximum atomic E-state index is 11.6. The first-order valence-corrected chi connectivity index (χ1v) is 4.94. The molecule has 0 aliphatic carbocycles. The summed E-state index contributed by atoms with van der Waals surface area (Å²) in [6.07, 6.45) is 0. The predicted molar refractivity (Wildman–Crippen MR) is 57.6 cm³/mol. The summed E-state index contributed by atoms with van der Waals surface area (Å²) in [7, 11) is 1.30. The van der Waals surface area contributed by atoms with Crippen molar-refractivity contribution in [3.8, 4) is 0 Å². The zero-order valence-electron chi connectivity index (χ0n) is 9.00. The number of halogens is 1. The number of methoxy groups -OCH3 is 1. The van der Waals surface area contributed by atoms with Crippen LogP contribution in [-0.4, -0.2) is 23.0 Å². The molecular formula is C10H9ClN2O3. The number of hydrogen-bond donors (Lipinski definition) is 0. The third kappa shape index (κ3) is 1.53. The number of hydrogen-bond acceptors (Lipinski definition) is 5. The van der Waals surface area contributed by atoms with Gasteiger partial charge in [0.05, 0.1) is 12.5 Å². The van der Waals surface area contributed by atoms with Crippen LogP contribution in [0, 0.1) is 13.8 Å². The molecule has 16 heavy (non-hydrogen) atoms. The van der Waals surface area contributed by atoms with Gasteiger partial charge in [-0.3, -0.25) is 0 Å². The Bertz CT molecular complexity index is 577. The minimum absolute atomic E-state index is 0.194. The van der Waals surface area contributed by atoms with E-state index < -0.39 is 5.97 Å². The van der Waals surface area contributed by atoms with Gasteiger partial charge in [0, 0.05) is 0 Å². The number of fused-ring (bicyclic) bond motifs is 1. The van der Waals surface area contributed by atoms with Gasteiger partial charge in [0.25, 0.3) is 0 Å². The number of aromatic nitrogens is 2. The Morgan fingerprint density at radius 3 is 2.69 bits per heavy atom. The fourth-order valence-electron chi connectivity index (χ4n) is 1.52. The van der Waals surface area contributed by atoms with E-state index in [0.717, 1.165) is 0 Å². The smallest absolute Gasteiger partial charge is 0.342 e. The average molecular weight is 241 g/mol. The van der Waals surface area contributed by atoms with Crippen molar-refractivity contribution in [2.75, 3.05) is 7.11 Å². The lowest BCUT2D eigenvalue weighted by atomic mass is 10.2. The zero-order valence-corrected chi connectivity index (χ0v) is 9.75. The van der Waals surface area contributed by atoms with E-state index in [4.69, 9.17) is 16.0 Å². The number of rotatable bonds is 1. The summed E-state index contributed by atoms with van der Waals surface area (Å²) in [5.74, 6) is 0.400. The fraction of sp³-hybridized carbons (Fsp3) is 0.300. The van der Waals surface area contributed by atoms with Crippen LogP contribution < -0.4 is 0 Å². The van der Waals surface area contributed by atoms with Gasteiger partial charge in [-0.2, -0.15) is 4.98 Å². The molecule has 0 atom stereocenters. The van der Waals surface area contributed by atoms with Gasteiger partial charge < -0.3 is 9.15 Å². The highest BCUT2D eigenvalue weighted by atomic mass is 35.5. The van der Waals surface area contributed by atoms with Gasteiger partial charge in [-0.25, -0.2) is 9.78 Å². The first-order valence-electron chi connectivity index (χ1n) is 4.56. The van der Waals surface area contributed by atoms with Crippen LogP contribution in [0.25, 0.3) is 11.1 Å². The summed E-state index contributed by atoms with van der Waals surface area (Å²) in [6, 6.07) is 0. The monoisotopic (exact) mass is 240 g/mol. The molecule has 0 radical (unpaired) electrons. The SMILES string of the molecule is COC(=O)c1c(C)oc2nc(C)nc(Cl)c12. The molecule has 0 bridgehead atoms. The Kier molecular flexibility index (Phi) is 2.55. The third-order valence-corrected chi connectivity index (χ3v) is 2.46. The Balaban J connectivity index is 2.84. The molecule has 0 aromatic carbocycles. The molecule has 6 heteroatoms. The standard InChI is InChI=1S/C10H9ClN2O3/c1-4-6(10(14)15-3)7-8(11)12-5(2)13-9(7)16-4/h1-3H3. The second-order valence-corrected chi connectivity index (χ2v) is 3.62. The number of carbonyl (C=O) groups is 1. The van der Waals surface area contributed by atoms with Gasteiger partial charge >= 0.3 is 5.97 Å². The number of carbonyl (C=O) groups excluding carboxylic acids is 1. The summed E-state index contributed by atoms with van der Waals surface area (Å²) in [5, 5.41) is 0.594. The summed E-state index contributed by atoms with van der Waals surface area (Å²) in [4.78, 5) is 19.6. The van der Waals surface area contributed by atoms with Crippen molar-refractivity contribution in [3.63, 3.8) is 0 Å². The van der Waals surface area contributed by atoms with Crippen molar-refractivity contribution >= 4 is 28.7 Å². The third-order valence-electron chi connectivity index (χ3n) is 2.18. The van der Waals surface area contributed by atoms with Crippen molar-refractivity contribution in [2.24, 2.45) is 0 Å². The average Bonchev–Trinajstić information content (AvgIpc) is 2.53. The lowest BCUT2D eigenvalue weighted by Crippen LogP contribution is -2.02. The minimum Gasteiger partial charge on any atom is -0.465 e. The molecule has 0 fully saturated rings. The largest absolute Gasteiger partial charge is 0.465 e. The quantitative estimate of drug-likeness (QED) is 0.565. The number of aryl methyl sites for hydroxylation is 2. The first-order chi connectivity index (χ1) is 7.54. The Hall–Kier alpha value is -1.62. The molecule has 0 saturated carbocycles. The second kappa shape index (κ2) is 3.75. The van der Waals surface area contributed by atoms with Crippen molar-refractivity contribution in [3.05, 3.63) is 22.3 Å². The van der Waals surface area contributed by atoms with Crippen LogP contribution in [-0.2, 0) is 4.74 Å². The van der Waals surface area contributed by atoms with E-state index in [-0.39, 0.29) is 10.7 Å². The first kappa shape index (κ1) is 10.9. The molecule has 2 rings (SSSR count). The summed E-state index contributed by atoms with van der Waals surface area (Å²) in [5.41, 5.74) is 0.581. The zero-order chi connectivity index (χ0) is 11.9. The van der Waals surface area contributed by atoms with Crippen LogP contribution in [0.4, 0.5) is 0 Å². The van der Waals surface area contributed by atoms with E-state index in [0.29, 0.717) is 22.7 Å². The summed E-state index contributed by atoms with van der Waals surface area (Å²) >= 11 is 5.96. The Labute approximate surface area is 96.4 Å². The van der Waals surface area contributed by atoms with Crippen LogP contribution in [0.15, 0.2) is 4.42 Å². The summed E-state index contributed by atoms with van der Waals surface area (Å²) in [6.45, 7) is 3.35. The van der Waals surface area contributed by atoms with E-state index >= 15 is 0 Å². The van der Waals surface area contributed by atoms with Crippen molar-refractivity contribution < 1.29 is 13.9 Å². The normalized spacial score (nSPS) is 10.8. The van der Waals surface area contributed by atoms with Gasteiger partial charge in [0.15, 0.2) is 0 Å². The highest BCUT2D eigenvalue weighted by Gasteiger charge is 2.22. The molecule has 0 spiro atoms. The lowest BCUT2D eigenvalue weighted by Gasteiger charge is -1.98. The second-order valence-electron chi connectivity index (χ2n) is 3.27. The van der Waals surface area contributed by atoms with E-state index in [9.17, 15) is 4.79 Å². The maximum absolute atomic E-state index is 11.6. The number of esters is 1. The van der Waals surface area contributed by atoms with E-state index in [1.807, 2.05) is 0 Å². The highest BCUT2D eigenvalue weighted by Crippen LogP contribution is 2.29. The van der Waals surface area contributed by atoms with Gasteiger partial charge in [0.1, 0.15) is 22.3 Å². The molecule has 2 aromatic heterocycles. The molecule has 2 heterocycles. The predicted octanol–water partition coefficient (Wildman–Crippen LogP) is 2.28. The molecule has 0 aliphatic rings. The van der Waals surface area contributed by atoms with Gasteiger partial charge in [-0.1, -0.05) is 11.6 Å². The lowest BCUT2D eigenvalue weighted by molar-refractivity contribution is 0.0600. The van der Waals surface area contributed by atoms with Gasteiger partial charge in [-0.05, 0) is 13.8 Å². The Morgan fingerprint density at radius 2 is 2.06 bits per heavy atom. The minimum atomic E-state index is -0.509. The molecule has 0 amide bonds. The molecule has 2 aromatic rings. The van der Waals surface area contributed by atoms with E-state index in [1.54, 1.807) is 13.8 Å². The van der Waals surface area contributed by atoms with Crippen LogP contribution >= 0.6 is 11.6 Å². The molecule has 0 unspecified atom stereocenters. The van der Waals surface area contributed by atoms with Crippen LogP contribution in [0.2, 0.25) is 5.15 Å². The molecule has 0 aliphatic heterocycles. The van der Waals surface area contributed by atoms with Crippen LogP contribution in [0.3, 0.4) is 0 Å². The Morgan fingerprint density at radius 1 is 1.38 bits per heavy atom. The maximum Gasteiger partial charge on any atom is 0.342 e. The van der Waals surface area contributed by atoms with E-state index in [1.165, 1.54) is 7.11 Å². The van der Waals surface area contributed by atoms with Crippen molar-refractivity contribution in [1.29, 1.82) is 0 Å². The van der Waals surface area contributed by atoms with Gasteiger partial charge in [-0.15, -0.1) is 0 Å². The van der Waals surface area contributed by atoms with E-state index in [2.05, 4.69) is 14.7 Å². The number of nitrogens with zero attached hydrogens (tertiary/aromatic N) is 2. The topological polar surface area (TPSA) is 65.2 Å². The van der Waals surface area contributed by atoms with Crippen molar-refractivity contribution in [2.45, 2.75) is 13.8 Å². The molecular weight excluding hydrogens is 232 g/mol. The number of furan rings is 1. The molecule has 0 saturated heterocycles. The van der Waals surface area contributed by atoms with Crippen LogP contribution in [0.5, 0.6) is 0 Å².